The molecule has 1 amide bonds. The van der Waals surface area contributed by atoms with Crippen LogP contribution in [0.15, 0.2) is 47.4 Å². The number of hydrogen-bond donors (Lipinski definition) is 3. The number of phenols is 1. The van der Waals surface area contributed by atoms with Gasteiger partial charge < -0.3 is 19.3 Å². The zero-order valence-corrected chi connectivity index (χ0v) is 19.4. The minimum Gasteiger partial charge on any atom is -0.504 e. The van der Waals surface area contributed by atoms with Crippen LogP contribution in [0.2, 0.25) is 0 Å². The minimum atomic E-state index is -0.683. The average Bonchev–Trinajstić information content (AvgIpc) is 2.77. The van der Waals surface area contributed by atoms with Crippen molar-refractivity contribution in [3.05, 3.63) is 48.0 Å². The number of benzene rings is 2. The lowest BCUT2D eigenvalue weighted by Crippen LogP contribution is -2.23. The third-order valence-electron chi connectivity index (χ3n) is 4.58. The molecule has 168 valence electrons. The molecule has 0 radical (unpaired) electrons. The summed E-state index contributed by atoms with van der Waals surface area (Å²) in [6, 6.07) is 12.2. The standard InChI is InChI=1S/C22H27NO6S2/c1-14(10-11-28-20(25)13-30)21(15-4-9-19(27-2)18(24)12-15)29-22(26)23-16-5-7-17(31-3)8-6-16/h4-9,12,14,21,24,30H,10-11,13H2,1-3H3,(H,23,26)/t14-,21+/m0/s1. The fourth-order valence-electron chi connectivity index (χ4n) is 2.89. The largest absolute Gasteiger partial charge is 0.504 e. The molecule has 9 heteroatoms. The van der Waals surface area contributed by atoms with Crippen LogP contribution in [0, 0.1) is 5.92 Å². The smallest absolute Gasteiger partial charge is 0.412 e. The third-order valence-corrected chi connectivity index (χ3v) is 5.59. The van der Waals surface area contributed by atoms with Crippen molar-refractivity contribution in [3.8, 4) is 11.5 Å². The molecular weight excluding hydrogens is 438 g/mol. The number of amides is 1. The number of thioether (sulfide) groups is 1. The second-order valence-corrected chi connectivity index (χ2v) is 7.95. The van der Waals surface area contributed by atoms with Gasteiger partial charge in [0.15, 0.2) is 11.5 Å². The molecule has 31 heavy (non-hydrogen) atoms. The predicted octanol–water partition coefficient (Wildman–Crippen LogP) is 4.91. The van der Waals surface area contributed by atoms with Crippen LogP contribution in [-0.2, 0) is 14.3 Å². The number of carbonyl (C=O) groups is 2. The van der Waals surface area contributed by atoms with E-state index >= 15 is 0 Å². The number of anilines is 1. The Labute approximate surface area is 191 Å². The molecule has 2 aromatic carbocycles. The van der Waals surface area contributed by atoms with Gasteiger partial charge in [0, 0.05) is 16.5 Å². The SMILES string of the molecule is COc1ccc([C@H](OC(=O)Nc2ccc(SC)cc2)[C@@H](C)CCOC(=O)CS)cc1O. The molecule has 0 aliphatic rings. The van der Waals surface area contributed by atoms with E-state index in [1.54, 1.807) is 36.0 Å². The third kappa shape index (κ3) is 7.59. The van der Waals surface area contributed by atoms with Crippen molar-refractivity contribution in [2.24, 2.45) is 5.92 Å². The van der Waals surface area contributed by atoms with Gasteiger partial charge in [0.25, 0.3) is 0 Å². The van der Waals surface area contributed by atoms with Gasteiger partial charge in [-0.05, 0) is 54.6 Å². The quantitative estimate of drug-likeness (QED) is 0.261. The Bertz CT molecular complexity index is 875. The number of thiol groups is 1. The minimum absolute atomic E-state index is 0.00159. The van der Waals surface area contributed by atoms with Crippen LogP contribution in [0.25, 0.3) is 0 Å². The zero-order chi connectivity index (χ0) is 22.8. The monoisotopic (exact) mass is 465 g/mol. The molecule has 0 bridgehead atoms. The first-order valence-corrected chi connectivity index (χ1v) is 11.5. The van der Waals surface area contributed by atoms with Gasteiger partial charge >= 0.3 is 12.1 Å². The number of methoxy groups -OCH3 is 1. The Balaban J connectivity index is 2.14. The van der Waals surface area contributed by atoms with Gasteiger partial charge in [0.05, 0.1) is 19.5 Å². The highest BCUT2D eigenvalue weighted by molar-refractivity contribution is 7.98. The molecule has 0 spiro atoms. The molecule has 2 N–H and O–H groups in total. The van der Waals surface area contributed by atoms with Gasteiger partial charge in [0.1, 0.15) is 6.10 Å². The van der Waals surface area contributed by atoms with E-state index in [2.05, 4.69) is 17.9 Å². The molecule has 2 aromatic rings. The van der Waals surface area contributed by atoms with Crippen LogP contribution in [0.5, 0.6) is 11.5 Å². The Morgan fingerprint density at radius 2 is 1.90 bits per heavy atom. The van der Waals surface area contributed by atoms with Gasteiger partial charge in [-0.25, -0.2) is 4.79 Å². The first-order valence-electron chi connectivity index (χ1n) is 9.63. The van der Waals surface area contributed by atoms with Crippen molar-refractivity contribution in [1.29, 1.82) is 0 Å². The lowest BCUT2D eigenvalue weighted by atomic mass is 9.94. The van der Waals surface area contributed by atoms with Crippen LogP contribution >= 0.6 is 24.4 Å². The maximum absolute atomic E-state index is 12.6. The van der Waals surface area contributed by atoms with Crippen LogP contribution in [-0.4, -0.2) is 42.9 Å². The fraction of sp³-hybridized carbons (Fsp3) is 0.364. The Hall–Kier alpha value is -2.52. The zero-order valence-electron chi connectivity index (χ0n) is 17.7. The van der Waals surface area contributed by atoms with E-state index in [4.69, 9.17) is 14.2 Å². The highest BCUT2D eigenvalue weighted by atomic mass is 32.2. The topological polar surface area (TPSA) is 94.1 Å². The summed E-state index contributed by atoms with van der Waals surface area (Å²) in [5.74, 6) is -0.364. The van der Waals surface area contributed by atoms with Crippen molar-refractivity contribution in [1.82, 2.24) is 0 Å². The van der Waals surface area contributed by atoms with Gasteiger partial charge in [-0.2, -0.15) is 12.6 Å². The predicted molar refractivity (Wildman–Crippen MR) is 124 cm³/mol. The number of nitrogens with one attached hydrogen (secondary N) is 1. The van der Waals surface area contributed by atoms with E-state index in [0.717, 1.165) is 4.90 Å². The van der Waals surface area contributed by atoms with Crippen LogP contribution in [0.1, 0.15) is 25.0 Å². The molecule has 0 fully saturated rings. The van der Waals surface area contributed by atoms with E-state index in [1.165, 1.54) is 13.2 Å². The summed E-state index contributed by atoms with van der Waals surface area (Å²) in [5.41, 5.74) is 1.20. The number of phenolic OH excluding ortho intramolecular Hbond substituents is 1. The van der Waals surface area contributed by atoms with Crippen LogP contribution in [0.3, 0.4) is 0 Å². The molecule has 0 aromatic heterocycles. The lowest BCUT2D eigenvalue weighted by molar-refractivity contribution is -0.141. The van der Waals surface area contributed by atoms with Crippen molar-refractivity contribution >= 4 is 42.1 Å². The number of ether oxygens (including phenoxy) is 3. The molecule has 0 heterocycles. The normalized spacial score (nSPS) is 12.5. The number of carbonyl (C=O) groups excluding carboxylic acids is 2. The van der Waals surface area contributed by atoms with Crippen LogP contribution in [0.4, 0.5) is 10.5 Å². The molecule has 0 saturated heterocycles. The van der Waals surface area contributed by atoms with E-state index in [-0.39, 0.29) is 24.0 Å². The molecular formula is C22H27NO6S2. The lowest BCUT2D eigenvalue weighted by Gasteiger charge is -2.25. The average molecular weight is 466 g/mol. The summed E-state index contributed by atoms with van der Waals surface area (Å²) < 4.78 is 15.9. The van der Waals surface area contributed by atoms with Crippen molar-refractivity contribution in [3.63, 3.8) is 0 Å². The molecule has 0 unspecified atom stereocenters. The summed E-state index contributed by atoms with van der Waals surface area (Å²) in [4.78, 5) is 25.0. The number of esters is 1. The fourth-order valence-corrected chi connectivity index (χ4v) is 3.39. The maximum atomic E-state index is 12.6. The van der Waals surface area contributed by atoms with Gasteiger partial charge in [-0.15, -0.1) is 11.8 Å². The number of hydrogen-bond acceptors (Lipinski definition) is 8. The molecule has 7 nitrogen and oxygen atoms in total. The first kappa shape index (κ1) is 24.7. The molecule has 0 aliphatic carbocycles. The summed E-state index contributed by atoms with van der Waals surface area (Å²) in [6.45, 7) is 2.04. The second kappa shape index (κ2) is 12.4. The Kier molecular flexibility index (Phi) is 9.87. The highest BCUT2D eigenvalue weighted by Crippen LogP contribution is 2.35. The van der Waals surface area contributed by atoms with E-state index in [9.17, 15) is 14.7 Å². The maximum Gasteiger partial charge on any atom is 0.412 e. The highest BCUT2D eigenvalue weighted by Gasteiger charge is 2.25. The van der Waals surface area contributed by atoms with E-state index < -0.39 is 18.2 Å². The van der Waals surface area contributed by atoms with Crippen molar-refractivity contribution < 1.29 is 28.9 Å². The first-order chi connectivity index (χ1) is 14.9. The van der Waals surface area contributed by atoms with E-state index in [0.29, 0.717) is 23.4 Å². The summed E-state index contributed by atoms with van der Waals surface area (Å²) in [5, 5.41) is 12.9. The van der Waals surface area contributed by atoms with Gasteiger partial charge in [0.2, 0.25) is 0 Å². The van der Waals surface area contributed by atoms with Gasteiger partial charge in [-0.3, -0.25) is 10.1 Å². The number of aromatic hydroxyl groups is 1. The summed E-state index contributed by atoms with van der Waals surface area (Å²) >= 11 is 5.49. The van der Waals surface area contributed by atoms with Crippen molar-refractivity contribution in [2.75, 3.05) is 31.0 Å². The number of rotatable bonds is 10. The summed E-state index contributed by atoms with van der Waals surface area (Å²) in [7, 11) is 1.46. The molecule has 0 aliphatic heterocycles. The van der Waals surface area contributed by atoms with E-state index in [1.807, 2.05) is 25.3 Å². The van der Waals surface area contributed by atoms with Crippen LogP contribution < -0.4 is 10.1 Å². The van der Waals surface area contributed by atoms with Gasteiger partial charge in [-0.1, -0.05) is 13.0 Å². The Morgan fingerprint density at radius 3 is 2.48 bits per heavy atom. The molecule has 2 atom stereocenters. The summed E-state index contributed by atoms with van der Waals surface area (Å²) in [6.07, 6.45) is 1.11. The second-order valence-electron chi connectivity index (χ2n) is 6.76. The molecule has 0 saturated carbocycles. The Morgan fingerprint density at radius 1 is 1.19 bits per heavy atom. The van der Waals surface area contributed by atoms with Crippen molar-refractivity contribution in [2.45, 2.75) is 24.3 Å². The molecule has 2 rings (SSSR count).